The summed E-state index contributed by atoms with van der Waals surface area (Å²) < 4.78 is 7.98. The van der Waals surface area contributed by atoms with E-state index in [-0.39, 0.29) is 6.04 Å². The number of amides is 2. The van der Waals surface area contributed by atoms with Crippen LogP contribution in [0.5, 0.6) is 0 Å². The number of carbonyl (C=O) groups is 1. The Hall–Kier alpha value is -2.35. The van der Waals surface area contributed by atoms with Crippen LogP contribution in [-0.4, -0.2) is 51.3 Å². The first-order valence-electron chi connectivity index (χ1n) is 9.63. The maximum atomic E-state index is 11.4. The standard InChI is InChI=1S/C19H30N6O2/c1-12(2)24(19(21)26)6-8-27-9-7-25-15-10-13(3)22-18(20)17(15)23-16(25)11-14-4-5-14/h10,12,14H,4-9,11H2,1-3H3,(H2,20,22)(H2,21,26). The highest BCUT2D eigenvalue weighted by atomic mass is 16.5. The highest BCUT2D eigenvalue weighted by Crippen LogP contribution is 2.33. The molecule has 2 amide bonds. The zero-order chi connectivity index (χ0) is 19.6. The first-order valence-corrected chi connectivity index (χ1v) is 9.63. The second kappa shape index (κ2) is 8.12. The van der Waals surface area contributed by atoms with Gasteiger partial charge >= 0.3 is 6.03 Å². The number of carbonyl (C=O) groups excluding carboxylic acids is 1. The lowest BCUT2D eigenvalue weighted by atomic mass is 10.3. The minimum Gasteiger partial charge on any atom is -0.382 e. The van der Waals surface area contributed by atoms with Crippen molar-refractivity contribution in [2.24, 2.45) is 11.7 Å². The summed E-state index contributed by atoms with van der Waals surface area (Å²) in [5.74, 6) is 2.26. The molecule has 3 rings (SSSR count). The number of urea groups is 1. The van der Waals surface area contributed by atoms with Crippen molar-refractivity contribution in [3.63, 3.8) is 0 Å². The smallest absolute Gasteiger partial charge is 0.315 e. The molecule has 148 valence electrons. The summed E-state index contributed by atoms with van der Waals surface area (Å²) in [5.41, 5.74) is 14.1. The number of pyridine rings is 1. The normalized spacial score (nSPS) is 14.2. The number of primary amides is 1. The van der Waals surface area contributed by atoms with Crippen LogP contribution in [0.15, 0.2) is 6.07 Å². The Balaban J connectivity index is 1.65. The number of imidazole rings is 1. The lowest BCUT2D eigenvalue weighted by Gasteiger charge is -2.24. The lowest BCUT2D eigenvalue weighted by Crippen LogP contribution is -2.42. The largest absolute Gasteiger partial charge is 0.382 e. The van der Waals surface area contributed by atoms with Crippen LogP contribution in [0.4, 0.5) is 10.6 Å². The van der Waals surface area contributed by atoms with Gasteiger partial charge in [0.05, 0.1) is 18.7 Å². The van der Waals surface area contributed by atoms with Crippen LogP contribution in [0.2, 0.25) is 0 Å². The van der Waals surface area contributed by atoms with Crippen molar-refractivity contribution in [2.45, 2.75) is 52.6 Å². The molecule has 4 N–H and O–H groups in total. The van der Waals surface area contributed by atoms with Gasteiger partial charge in [0.2, 0.25) is 0 Å². The van der Waals surface area contributed by atoms with Crippen LogP contribution in [0.1, 0.15) is 38.2 Å². The molecule has 1 fully saturated rings. The number of anilines is 1. The molecule has 2 heterocycles. The summed E-state index contributed by atoms with van der Waals surface area (Å²) in [6.45, 7) is 7.99. The summed E-state index contributed by atoms with van der Waals surface area (Å²) in [4.78, 5) is 22.1. The number of aryl methyl sites for hydroxylation is 1. The van der Waals surface area contributed by atoms with E-state index in [1.807, 2.05) is 26.8 Å². The average molecular weight is 374 g/mol. The molecule has 0 aromatic carbocycles. The highest BCUT2D eigenvalue weighted by molar-refractivity contribution is 5.85. The molecule has 1 saturated carbocycles. The first-order chi connectivity index (χ1) is 12.9. The zero-order valence-electron chi connectivity index (χ0n) is 16.4. The van der Waals surface area contributed by atoms with E-state index in [9.17, 15) is 4.79 Å². The third-order valence-electron chi connectivity index (χ3n) is 4.98. The molecule has 0 saturated heterocycles. The van der Waals surface area contributed by atoms with Crippen molar-refractivity contribution < 1.29 is 9.53 Å². The third-order valence-corrected chi connectivity index (χ3v) is 4.98. The number of aromatic nitrogens is 3. The summed E-state index contributed by atoms with van der Waals surface area (Å²) >= 11 is 0. The van der Waals surface area contributed by atoms with Gasteiger partial charge in [0, 0.05) is 31.2 Å². The van der Waals surface area contributed by atoms with Gasteiger partial charge in [-0.1, -0.05) is 0 Å². The van der Waals surface area contributed by atoms with E-state index < -0.39 is 6.03 Å². The summed E-state index contributed by atoms with van der Waals surface area (Å²) in [5, 5.41) is 0. The van der Waals surface area contributed by atoms with Crippen molar-refractivity contribution in [1.29, 1.82) is 0 Å². The first kappa shape index (κ1) is 19.4. The second-order valence-electron chi connectivity index (χ2n) is 7.58. The number of nitrogens with zero attached hydrogens (tertiary/aromatic N) is 4. The van der Waals surface area contributed by atoms with Gasteiger partial charge in [-0.15, -0.1) is 0 Å². The van der Waals surface area contributed by atoms with Gasteiger partial charge in [0.1, 0.15) is 11.3 Å². The van der Waals surface area contributed by atoms with Gasteiger partial charge in [-0.25, -0.2) is 14.8 Å². The summed E-state index contributed by atoms with van der Waals surface area (Å²) in [7, 11) is 0. The quantitative estimate of drug-likeness (QED) is 0.653. The summed E-state index contributed by atoms with van der Waals surface area (Å²) in [6, 6.07) is 1.68. The molecule has 0 unspecified atom stereocenters. The van der Waals surface area contributed by atoms with Crippen LogP contribution >= 0.6 is 0 Å². The highest BCUT2D eigenvalue weighted by Gasteiger charge is 2.25. The molecule has 0 radical (unpaired) electrons. The number of nitrogen functional groups attached to an aromatic ring is 1. The fourth-order valence-electron chi connectivity index (χ4n) is 3.35. The molecule has 2 aromatic heterocycles. The van der Waals surface area contributed by atoms with Gasteiger partial charge in [-0.3, -0.25) is 0 Å². The number of rotatable bonds is 9. The fraction of sp³-hybridized carbons (Fsp3) is 0.632. The van der Waals surface area contributed by atoms with Crippen LogP contribution < -0.4 is 11.5 Å². The Morgan fingerprint density at radius 2 is 2.11 bits per heavy atom. The molecule has 1 aliphatic rings. The van der Waals surface area contributed by atoms with E-state index in [4.69, 9.17) is 21.2 Å². The Bertz CT molecular complexity index is 812. The van der Waals surface area contributed by atoms with E-state index >= 15 is 0 Å². The minimum absolute atomic E-state index is 0.0623. The lowest BCUT2D eigenvalue weighted by molar-refractivity contribution is 0.0984. The maximum absolute atomic E-state index is 11.4. The van der Waals surface area contributed by atoms with Gasteiger partial charge in [-0.2, -0.15) is 0 Å². The maximum Gasteiger partial charge on any atom is 0.315 e. The molecule has 0 aliphatic heterocycles. The van der Waals surface area contributed by atoms with Gasteiger partial charge in [0.25, 0.3) is 0 Å². The molecular formula is C19H30N6O2. The Morgan fingerprint density at radius 3 is 2.74 bits per heavy atom. The van der Waals surface area contributed by atoms with Crippen molar-refractivity contribution in [3.8, 4) is 0 Å². The second-order valence-corrected chi connectivity index (χ2v) is 7.58. The van der Waals surface area contributed by atoms with Crippen molar-refractivity contribution in [3.05, 3.63) is 17.6 Å². The Kier molecular flexibility index (Phi) is 5.84. The number of hydrogen-bond acceptors (Lipinski definition) is 5. The number of ether oxygens (including phenoxy) is 1. The molecule has 8 heteroatoms. The van der Waals surface area contributed by atoms with E-state index in [0.29, 0.717) is 32.1 Å². The third kappa shape index (κ3) is 4.68. The van der Waals surface area contributed by atoms with Gasteiger partial charge < -0.3 is 25.7 Å². The van der Waals surface area contributed by atoms with Crippen LogP contribution in [0.25, 0.3) is 11.0 Å². The van der Waals surface area contributed by atoms with Gasteiger partial charge in [0.15, 0.2) is 5.82 Å². The number of nitrogens with two attached hydrogens (primary N) is 2. The molecule has 27 heavy (non-hydrogen) atoms. The van der Waals surface area contributed by atoms with E-state index in [1.165, 1.54) is 12.8 Å². The monoisotopic (exact) mass is 374 g/mol. The molecule has 0 bridgehead atoms. The fourth-order valence-corrected chi connectivity index (χ4v) is 3.35. The molecule has 1 aliphatic carbocycles. The van der Waals surface area contributed by atoms with E-state index in [2.05, 4.69) is 9.55 Å². The topological polar surface area (TPSA) is 112 Å². The molecule has 0 spiro atoms. The molecule has 8 nitrogen and oxygen atoms in total. The number of hydrogen-bond donors (Lipinski definition) is 2. The van der Waals surface area contributed by atoms with E-state index in [0.717, 1.165) is 34.9 Å². The zero-order valence-corrected chi connectivity index (χ0v) is 16.4. The predicted octanol–water partition coefficient (Wildman–Crippen LogP) is 2.08. The Labute approximate surface area is 159 Å². The summed E-state index contributed by atoms with van der Waals surface area (Å²) in [6.07, 6.45) is 3.51. The van der Waals surface area contributed by atoms with E-state index in [1.54, 1.807) is 4.90 Å². The molecular weight excluding hydrogens is 344 g/mol. The van der Waals surface area contributed by atoms with Crippen molar-refractivity contribution in [1.82, 2.24) is 19.4 Å². The molecule has 2 aromatic rings. The minimum atomic E-state index is -0.417. The predicted molar refractivity (Wildman–Crippen MR) is 105 cm³/mol. The van der Waals surface area contributed by atoms with Crippen molar-refractivity contribution >= 4 is 22.9 Å². The number of fused-ring (bicyclic) bond motifs is 1. The van der Waals surface area contributed by atoms with Crippen LogP contribution in [0, 0.1) is 12.8 Å². The van der Waals surface area contributed by atoms with Crippen LogP contribution in [0.3, 0.4) is 0 Å². The molecule has 0 atom stereocenters. The average Bonchev–Trinajstić information content (AvgIpc) is 3.32. The van der Waals surface area contributed by atoms with Crippen molar-refractivity contribution in [2.75, 3.05) is 25.5 Å². The van der Waals surface area contributed by atoms with Crippen LogP contribution in [-0.2, 0) is 17.7 Å². The van der Waals surface area contributed by atoms with Gasteiger partial charge in [-0.05, 0) is 45.6 Å². The Morgan fingerprint density at radius 1 is 1.37 bits per heavy atom. The SMILES string of the molecule is Cc1cc2c(nc(CC3CC3)n2CCOCCN(C(N)=O)C(C)C)c(N)n1.